The van der Waals surface area contributed by atoms with Gasteiger partial charge in [-0.05, 0) is 24.3 Å². The summed E-state index contributed by atoms with van der Waals surface area (Å²) in [6.07, 6.45) is -0.668. The first-order chi connectivity index (χ1) is 13.4. The van der Waals surface area contributed by atoms with Crippen molar-refractivity contribution in [1.82, 2.24) is 4.98 Å². The first-order valence-electron chi connectivity index (χ1n) is 7.74. The van der Waals surface area contributed by atoms with Crippen molar-refractivity contribution < 1.29 is 39.0 Å². The van der Waals surface area contributed by atoms with Crippen LogP contribution in [-0.4, -0.2) is 45.9 Å². The van der Waals surface area contributed by atoms with Crippen LogP contribution in [0.25, 0.3) is 0 Å². The quantitative estimate of drug-likeness (QED) is 0.504. The van der Waals surface area contributed by atoms with Crippen LogP contribution < -0.4 is 9.62 Å². The highest BCUT2D eigenvalue weighted by Crippen LogP contribution is 2.30. The number of carbonyl (C=O) groups excluding carboxylic acids is 1. The van der Waals surface area contributed by atoms with Gasteiger partial charge in [-0.1, -0.05) is 0 Å². The lowest BCUT2D eigenvalue weighted by atomic mass is 10.3. The summed E-state index contributed by atoms with van der Waals surface area (Å²) in [4.78, 5) is 16.9. The molecule has 1 N–H and O–H groups in total. The summed E-state index contributed by atoms with van der Waals surface area (Å²) in [6.45, 7) is -0.0969. The molecule has 9 nitrogen and oxygen atoms in total. The van der Waals surface area contributed by atoms with Crippen molar-refractivity contribution in [3.63, 3.8) is 0 Å². The van der Waals surface area contributed by atoms with E-state index in [1.165, 1.54) is 30.5 Å². The minimum Gasteiger partial charge on any atom is -0.310 e. The molecule has 1 aliphatic rings. The average Bonchev–Trinajstić information content (AvgIpc) is 3.24. The Kier molecular flexibility index (Phi) is 5.59. The fraction of sp³-hybridized carbons (Fsp3) is 0.286. The van der Waals surface area contributed by atoms with Gasteiger partial charge in [-0.25, -0.2) is 17.6 Å². The Bertz CT molecular complexity index is 1100. The van der Waals surface area contributed by atoms with E-state index in [1.54, 1.807) is 5.38 Å². The number of hydrogen-bond acceptors (Lipinski definition) is 8. The number of nitrogens with one attached hydrogen (secondary N) is 1. The maximum Gasteiger partial charge on any atom is 0.523 e. The van der Waals surface area contributed by atoms with Crippen molar-refractivity contribution >= 4 is 48.2 Å². The van der Waals surface area contributed by atoms with Crippen LogP contribution in [0.1, 0.15) is 6.42 Å². The number of halogens is 3. The van der Waals surface area contributed by atoms with Gasteiger partial charge in [0.25, 0.3) is 15.9 Å². The molecule has 2 heterocycles. The fourth-order valence-electron chi connectivity index (χ4n) is 2.46. The van der Waals surface area contributed by atoms with Gasteiger partial charge in [-0.2, -0.15) is 21.6 Å². The van der Waals surface area contributed by atoms with E-state index in [9.17, 15) is 34.8 Å². The SMILES string of the molecule is O=C1[C@H](OS(=O)(=O)C(F)(F)F)CCN1c1ccc(S(=O)(=O)Nc2nccs2)cc1. The topological polar surface area (TPSA) is 123 Å². The third-order valence-electron chi connectivity index (χ3n) is 3.80. The number of carbonyl (C=O) groups is 1. The number of anilines is 2. The molecular formula is C14H12F3N3O6S3. The van der Waals surface area contributed by atoms with E-state index in [2.05, 4.69) is 13.9 Å². The standard InChI is InChI=1S/C14H12F3N3O6S3/c15-14(16,17)29(24,25)26-11-5-7-20(12(11)21)9-1-3-10(4-2-9)28(22,23)19-13-18-6-8-27-13/h1-4,6,8,11H,5,7H2,(H,18,19)/t11-/m1/s1. The van der Waals surface area contributed by atoms with Crippen LogP contribution >= 0.6 is 11.3 Å². The Balaban J connectivity index is 1.73. The molecule has 0 spiro atoms. The van der Waals surface area contributed by atoms with E-state index in [-0.39, 0.29) is 28.7 Å². The molecule has 2 aromatic rings. The monoisotopic (exact) mass is 471 g/mol. The van der Waals surface area contributed by atoms with Crippen molar-refractivity contribution in [3.05, 3.63) is 35.8 Å². The molecule has 0 aliphatic carbocycles. The molecule has 0 radical (unpaired) electrons. The number of benzene rings is 1. The number of nitrogens with zero attached hydrogens (tertiary/aromatic N) is 2. The van der Waals surface area contributed by atoms with Gasteiger partial charge < -0.3 is 4.90 Å². The van der Waals surface area contributed by atoms with Crippen LogP contribution in [0.3, 0.4) is 0 Å². The van der Waals surface area contributed by atoms with Crippen LogP contribution in [0.15, 0.2) is 40.7 Å². The Morgan fingerprint density at radius 1 is 1.17 bits per heavy atom. The van der Waals surface area contributed by atoms with Gasteiger partial charge in [0.15, 0.2) is 11.2 Å². The Morgan fingerprint density at radius 3 is 2.38 bits per heavy atom. The molecule has 0 saturated carbocycles. The molecule has 1 fully saturated rings. The van der Waals surface area contributed by atoms with Gasteiger partial charge in [-0.3, -0.25) is 9.52 Å². The van der Waals surface area contributed by atoms with Crippen molar-refractivity contribution in [2.45, 2.75) is 22.9 Å². The van der Waals surface area contributed by atoms with Gasteiger partial charge in [0, 0.05) is 30.2 Å². The minimum absolute atomic E-state index is 0.0969. The van der Waals surface area contributed by atoms with Crippen LogP contribution in [0.2, 0.25) is 0 Å². The zero-order valence-electron chi connectivity index (χ0n) is 14.2. The van der Waals surface area contributed by atoms with Crippen molar-refractivity contribution in [2.75, 3.05) is 16.2 Å². The molecule has 0 unspecified atom stereocenters. The van der Waals surface area contributed by atoms with Gasteiger partial charge in [0.05, 0.1) is 4.90 Å². The molecule has 1 atom stereocenters. The van der Waals surface area contributed by atoms with E-state index in [1.807, 2.05) is 0 Å². The third-order valence-corrected chi connectivity index (χ3v) is 7.02. The number of thiazole rings is 1. The molecule has 29 heavy (non-hydrogen) atoms. The van der Waals surface area contributed by atoms with Gasteiger partial charge in [0.1, 0.15) is 0 Å². The fourth-order valence-corrected chi connectivity index (χ4v) is 4.84. The normalized spacial score (nSPS) is 18.2. The molecule has 1 aromatic heterocycles. The summed E-state index contributed by atoms with van der Waals surface area (Å²) >= 11 is 1.08. The van der Waals surface area contributed by atoms with E-state index in [0.29, 0.717) is 0 Å². The van der Waals surface area contributed by atoms with Crippen LogP contribution in [0, 0.1) is 0 Å². The zero-order valence-corrected chi connectivity index (χ0v) is 16.6. The molecule has 158 valence electrons. The minimum atomic E-state index is -5.91. The highest BCUT2D eigenvalue weighted by molar-refractivity contribution is 7.93. The van der Waals surface area contributed by atoms with E-state index in [0.717, 1.165) is 16.2 Å². The molecular weight excluding hydrogens is 459 g/mol. The largest absolute Gasteiger partial charge is 0.523 e. The average molecular weight is 471 g/mol. The molecule has 1 aromatic carbocycles. The second kappa shape index (κ2) is 7.55. The Labute approximate surface area is 167 Å². The lowest BCUT2D eigenvalue weighted by molar-refractivity contribution is -0.123. The molecule has 15 heteroatoms. The van der Waals surface area contributed by atoms with Crippen molar-refractivity contribution in [1.29, 1.82) is 0 Å². The van der Waals surface area contributed by atoms with Crippen LogP contribution in [0.5, 0.6) is 0 Å². The summed E-state index contributed by atoms with van der Waals surface area (Å²) in [7, 11) is -9.83. The summed E-state index contributed by atoms with van der Waals surface area (Å²) in [5.41, 5.74) is -5.46. The lowest BCUT2D eigenvalue weighted by Crippen LogP contribution is -2.35. The highest BCUT2D eigenvalue weighted by atomic mass is 32.2. The second-order valence-electron chi connectivity index (χ2n) is 5.70. The summed E-state index contributed by atoms with van der Waals surface area (Å²) < 4.78 is 90.3. The first-order valence-corrected chi connectivity index (χ1v) is 11.5. The van der Waals surface area contributed by atoms with Gasteiger partial charge in [0.2, 0.25) is 0 Å². The molecule has 1 amide bonds. The van der Waals surface area contributed by atoms with Gasteiger partial charge >= 0.3 is 15.6 Å². The van der Waals surface area contributed by atoms with Crippen molar-refractivity contribution in [3.8, 4) is 0 Å². The summed E-state index contributed by atoms with van der Waals surface area (Å²) in [5, 5.41) is 1.74. The molecule has 1 saturated heterocycles. The Hall–Kier alpha value is -2.23. The number of hydrogen-bond donors (Lipinski definition) is 1. The molecule has 1 aliphatic heterocycles. The number of sulfonamides is 1. The Morgan fingerprint density at radius 2 is 1.83 bits per heavy atom. The first kappa shape index (κ1) is 21.5. The number of alkyl halides is 3. The zero-order chi connectivity index (χ0) is 21.4. The summed E-state index contributed by atoms with van der Waals surface area (Å²) in [5.74, 6) is -0.977. The predicted molar refractivity (Wildman–Crippen MR) is 96.2 cm³/mol. The maximum atomic E-state index is 12.4. The molecule has 3 rings (SSSR count). The van der Waals surface area contributed by atoms with Gasteiger partial charge in [-0.15, -0.1) is 11.3 Å². The second-order valence-corrected chi connectivity index (χ2v) is 9.84. The van der Waals surface area contributed by atoms with Crippen LogP contribution in [-0.2, 0) is 29.1 Å². The smallest absolute Gasteiger partial charge is 0.310 e. The van der Waals surface area contributed by atoms with E-state index in [4.69, 9.17) is 0 Å². The van der Waals surface area contributed by atoms with E-state index >= 15 is 0 Å². The lowest BCUT2D eigenvalue weighted by Gasteiger charge is -2.17. The predicted octanol–water partition coefficient (Wildman–Crippen LogP) is 1.92. The number of rotatable bonds is 6. The molecule has 0 bridgehead atoms. The summed E-state index contributed by atoms with van der Waals surface area (Å²) in [6, 6.07) is 4.93. The van der Waals surface area contributed by atoms with Crippen LogP contribution in [0.4, 0.5) is 24.0 Å². The maximum absolute atomic E-state index is 12.4. The third kappa shape index (κ3) is 4.52. The number of aromatic nitrogens is 1. The number of amides is 1. The highest BCUT2D eigenvalue weighted by Gasteiger charge is 2.50. The van der Waals surface area contributed by atoms with E-state index < -0.39 is 37.7 Å². The van der Waals surface area contributed by atoms with Crippen molar-refractivity contribution in [2.24, 2.45) is 0 Å².